The number of aryl methyl sites for hydroxylation is 1. The van der Waals surface area contributed by atoms with Crippen LogP contribution in [0.4, 0.5) is 0 Å². The minimum atomic E-state index is -0.530. The second-order valence-electron chi connectivity index (χ2n) is 5.20. The molecular weight excluding hydrogens is 232 g/mol. The van der Waals surface area contributed by atoms with E-state index in [1.54, 1.807) is 12.5 Å². The summed E-state index contributed by atoms with van der Waals surface area (Å²) in [7, 11) is 0. The van der Waals surface area contributed by atoms with Crippen molar-refractivity contribution < 1.29 is 9.59 Å². The van der Waals surface area contributed by atoms with E-state index in [0.29, 0.717) is 12.8 Å². The Morgan fingerprint density at radius 1 is 1.44 bits per heavy atom. The van der Waals surface area contributed by atoms with Crippen molar-refractivity contribution >= 4 is 11.8 Å². The zero-order valence-electron chi connectivity index (χ0n) is 10.8. The highest BCUT2D eigenvalue weighted by atomic mass is 16.1. The van der Waals surface area contributed by atoms with Crippen LogP contribution >= 0.6 is 0 Å². The molecular formula is C12H20N4O2. The Labute approximate surface area is 106 Å². The summed E-state index contributed by atoms with van der Waals surface area (Å²) in [4.78, 5) is 29.4. The number of hydrogen-bond acceptors (Lipinski definition) is 3. The number of nitrogens with zero attached hydrogens (tertiary/aromatic N) is 1. The fourth-order valence-corrected chi connectivity index (χ4v) is 2.21. The molecule has 0 spiro atoms. The third-order valence-corrected chi connectivity index (χ3v) is 3.17. The van der Waals surface area contributed by atoms with Gasteiger partial charge in [0, 0.05) is 24.2 Å². The standard InChI is InChI=1S/C12H20N4O2/c1-12(2,5-10(13)17)9(11(14)18)4-3-8-6-15-7-16-8/h6-7,9H,3-5H2,1-2H3,(H2,13,17)(H2,14,18)(H,15,16). The molecule has 0 saturated carbocycles. The fraction of sp³-hybridized carbons (Fsp3) is 0.583. The summed E-state index contributed by atoms with van der Waals surface area (Å²) in [5, 5.41) is 0. The molecule has 6 nitrogen and oxygen atoms in total. The minimum Gasteiger partial charge on any atom is -0.370 e. The predicted octanol–water partition coefficient (Wildman–Crippen LogP) is 0.345. The lowest BCUT2D eigenvalue weighted by atomic mass is 9.73. The van der Waals surface area contributed by atoms with Gasteiger partial charge in [-0.2, -0.15) is 0 Å². The van der Waals surface area contributed by atoms with Gasteiger partial charge in [-0.3, -0.25) is 9.59 Å². The molecule has 0 radical (unpaired) electrons. The average Bonchev–Trinajstić information content (AvgIpc) is 2.67. The molecule has 100 valence electrons. The zero-order chi connectivity index (χ0) is 13.8. The van der Waals surface area contributed by atoms with Crippen LogP contribution in [0.15, 0.2) is 12.5 Å². The molecule has 1 aromatic heterocycles. The van der Waals surface area contributed by atoms with Gasteiger partial charge in [-0.25, -0.2) is 4.98 Å². The van der Waals surface area contributed by atoms with Crippen molar-refractivity contribution in [3.8, 4) is 0 Å². The molecule has 0 saturated heterocycles. The number of imidazole rings is 1. The fourth-order valence-electron chi connectivity index (χ4n) is 2.21. The Hall–Kier alpha value is -1.85. The maximum atomic E-state index is 11.5. The number of carbonyl (C=O) groups is 2. The molecule has 1 aromatic rings. The molecule has 0 fully saturated rings. The van der Waals surface area contributed by atoms with E-state index >= 15 is 0 Å². The summed E-state index contributed by atoms with van der Waals surface area (Å²) in [5.74, 6) is -1.22. The highest BCUT2D eigenvalue weighted by Gasteiger charge is 2.34. The maximum Gasteiger partial charge on any atom is 0.221 e. The number of aromatic nitrogens is 2. The number of H-pyrrole nitrogens is 1. The van der Waals surface area contributed by atoms with Gasteiger partial charge >= 0.3 is 0 Å². The molecule has 0 aliphatic heterocycles. The quantitative estimate of drug-likeness (QED) is 0.650. The van der Waals surface area contributed by atoms with E-state index < -0.39 is 23.1 Å². The second kappa shape index (κ2) is 5.66. The lowest BCUT2D eigenvalue weighted by Crippen LogP contribution is -2.38. The van der Waals surface area contributed by atoms with Crippen molar-refractivity contribution in [2.45, 2.75) is 33.1 Å². The predicted molar refractivity (Wildman–Crippen MR) is 67.2 cm³/mol. The Morgan fingerprint density at radius 2 is 2.11 bits per heavy atom. The summed E-state index contributed by atoms with van der Waals surface area (Å²) < 4.78 is 0. The minimum absolute atomic E-state index is 0.142. The summed E-state index contributed by atoms with van der Waals surface area (Å²) in [6.45, 7) is 3.67. The van der Waals surface area contributed by atoms with Crippen molar-refractivity contribution in [1.29, 1.82) is 0 Å². The van der Waals surface area contributed by atoms with Crippen LogP contribution < -0.4 is 11.5 Å². The highest BCUT2D eigenvalue weighted by molar-refractivity contribution is 5.80. The van der Waals surface area contributed by atoms with Crippen LogP contribution in [0.5, 0.6) is 0 Å². The van der Waals surface area contributed by atoms with E-state index in [2.05, 4.69) is 9.97 Å². The number of nitrogens with one attached hydrogen (secondary N) is 1. The van der Waals surface area contributed by atoms with Crippen molar-refractivity contribution in [3.05, 3.63) is 18.2 Å². The van der Waals surface area contributed by atoms with Gasteiger partial charge in [-0.1, -0.05) is 13.8 Å². The van der Waals surface area contributed by atoms with Crippen molar-refractivity contribution in [1.82, 2.24) is 9.97 Å². The van der Waals surface area contributed by atoms with Crippen LogP contribution in [0.1, 0.15) is 32.4 Å². The average molecular weight is 252 g/mol. The van der Waals surface area contributed by atoms with Crippen LogP contribution in [-0.2, 0) is 16.0 Å². The molecule has 0 aromatic carbocycles. The van der Waals surface area contributed by atoms with Gasteiger partial charge in [0.05, 0.1) is 6.33 Å². The molecule has 5 N–H and O–H groups in total. The molecule has 1 unspecified atom stereocenters. The van der Waals surface area contributed by atoms with Gasteiger partial charge in [0.2, 0.25) is 11.8 Å². The Morgan fingerprint density at radius 3 is 2.56 bits per heavy atom. The van der Waals surface area contributed by atoms with E-state index in [9.17, 15) is 9.59 Å². The summed E-state index contributed by atoms with van der Waals surface area (Å²) in [6, 6.07) is 0. The summed E-state index contributed by atoms with van der Waals surface area (Å²) >= 11 is 0. The molecule has 18 heavy (non-hydrogen) atoms. The number of rotatable bonds is 7. The number of hydrogen-bond donors (Lipinski definition) is 3. The maximum absolute atomic E-state index is 11.5. The van der Waals surface area contributed by atoms with Crippen molar-refractivity contribution in [2.75, 3.05) is 0 Å². The van der Waals surface area contributed by atoms with Crippen LogP contribution in [0, 0.1) is 11.3 Å². The Bertz CT molecular complexity index is 412. The molecule has 1 atom stereocenters. The molecule has 0 bridgehead atoms. The smallest absolute Gasteiger partial charge is 0.221 e. The normalized spacial score (nSPS) is 13.2. The first kappa shape index (κ1) is 14.2. The topological polar surface area (TPSA) is 115 Å². The zero-order valence-corrected chi connectivity index (χ0v) is 10.8. The molecule has 1 rings (SSSR count). The Balaban J connectivity index is 2.70. The number of amides is 2. The molecule has 6 heteroatoms. The van der Waals surface area contributed by atoms with Crippen molar-refractivity contribution in [2.24, 2.45) is 22.8 Å². The molecule has 2 amide bonds. The largest absolute Gasteiger partial charge is 0.370 e. The monoisotopic (exact) mass is 252 g/mol. The van der Waals surface area contributed by atoms with Gasteiger partial charge in [-0.05, 0) is 18.3 Å². The van der Waals surface area contributed by atoms with E-state index in [0.717, 1.165) is 5.69 Å². The molecule has 1 heterocycles. The van der Waals surface area contributed by atoms with Crippen LogP contribution in [0.3, 0.4) is 0 Å². The summed E-state index contributed by atoms with van der Waals surface area (Å²) in [6.07, 6.45) is 4.67. The molecule has 0 aliphatic carbocycles. The van der Waals surface area contributed by atoms with Crippen LogP contribution in [-0.4, -0.2) is 21.8 Å². The van der Waals surface area contributed by atoms with Gasteiger partial charge in [0.15, 0.2) is 0 Å². The lowest BCUT2D eigenvalue weighted by Gasteiger charge is -2.31. The number of aromatic amines is 1. The van der Waals surface area contributed by atoms with Gasteiger partial charge < -0.3 is 16.5 Å². The van der Waals surface area contributed by atoms with E-state index in [1.165, 1.54) is 0 Å². The van der Waals surface area contributed by atoms with Crippen LogP contribution in [0.25, 0.3) is 0 Å². The molecule has 0 aliphatic rings. The van der Waals surface area contributed by atoms with E-state index in [4.69, 9.17) is 11.5 Å². The first-order valence-electron chi connectivity index (χ1n) is 5.88. The van der Waals surface area contributed by atoms with Crippen LogP contribution in [0.2, 0.25) is 0 Å². The van der Waals surface area contributed by atoms with Gasteiger partial charge in [-0.15, -0.1) is 0 Å². The first-order valence-corrected chi connectivity index (χ1v) is 5.88. The number of carbonyl (C=O) groups excluding carboxylic acids is 2. The van der Waals surface area contributed by atoms with Crippen molar-refractivity contribution in [3.63, 3.8) is 0 Å². The third kappa shape index (κ3) is 3.87. The number of nitrogens with two attached hydrogens (primary N) is 2. The highest BCUT2D eigenvalue weighted by Crippen LogP contribution is 2.33. The van der Waals surface area contributed by atoms with Gasteiger partial charge in [0.1, 0.15) is 0 Å². The second-order valence-corrected chi connectivity index (χ2v) is 5.20. The summed E-state index contributed by atoms with van der Waals surface area (Å²) in [5.41, 5.74) is 11.0. The number of primary amides is 2. The first-order chi connectivity index (χ1) is 8.33. The van der Waals surface area contributed by atoms with Gasteiger partial charge in [0.25, 0.3) is 0 Å². The van der Waals surface area contributed by atoms with E-state index in [-0.39, 0.29) is 6.42 Å². The third-order valence-electron chi connectivity index (χ3n) is 3.17. The van der Waals surface area contributed by atoms with E-state index in [1.807, 2.05) is 13.8 Å². The SMILES string of the molecule is CC(C)(CC(N)=O)C(CCc1cnc[nH]1)C(N)=O. The lowest BCUT2D eigenvalue weighted by molar-refractivity contribution is -0.128. The Kier molecular flexibility index (Phi) is 4.47.